The van der Waals surface area contributed by atoms with Gasteiger partial charge in [-0.25, -0.2) is 9.97 Å². The first-order valence-corrected chi connectivity index (χ1v) is 7.06. The minimum atomic E-state index is -0.396. The Morgan fingerprint density at radius 1 is 1.40 bits per heavy atom. The molecule has 1 saturated heterocycles. The van der Waals surface area contributed by atoms with E-state index in [1.54, 1.807) is 17.2 Å². The van der Waals surface area contributed by atoms with E-state index in [-0.39, 0.29) is 17.9 Å². The van der Waals surface area contributed by atoms with Crippen molar-refractivity contribution >= 4 is 11.8 Å². The highest BCUT2D eigenvalue weighted by atomic mass is 16.2. The predicted molar refractivity (Wildman–Crippen MR) is 71.3 cm³/mol. The van der Waals surface area contributed by atoms with Crippen molar-refractivity contribution in [2.75, 3.05) is 0 Å². The molecule has 0 radical (unpaired) electrons. The number of carbonyl (C=O) groups excluding carboxylic acids is 2. The zero-order valence-corrected chi connectivity index (χ0v) is 11.5. The van der Waals surface area contributed by atoms with Gasteiger partial charge in [-0.2, -0.15) is 0 Å². The maximum absolute atomic E-state index is 12.6. The molecule has 2 unspecified atom stereocenters. The van der Waals surface area contributed by atoms with E-state index < -0.39 is 6.04 Å². The van der Waals surface area contributed by atoms with Crippen molar-refractivity contribution in [3.05, 3.63) is 24.3 Å². The molecule has 0 bridgehead atoms. The van der Waals surface area contributed by atoms with Crippen LogP contribution in [0.1, 0.15) is 31.9 Å². The van der Waals surface area contributed by atoms with Crippen molar-refractivity contribution < 1.29 is 9.59 Å². The van der Waals surface area contributed by atoms with E-state index in [0.29, 0.717) is 18.9 Å². The summed E-state index contributed by atoms with van der Waals surface area (Å²) in [4.78, 5) is 34.5. The van der Waals surface area contributed by atoms with Gasteiger partial charge in [0.25, 0.3) is 0 Å². The predicted octanol–water partition coefficient (Wildman–Crippen LogP) is 0.492. The number of amides is 2. The molecule has 0 aromatic carbocycles. The Morgan fingerprint density at radius 2 is 2.20 bits per heavy atom. The minimum absolute atomic E-state index is 0.0255. The van der Waals surface area contributed by atoms with Crippen LogP contribution < -0.4 is 5.32 Å². The molecule has 1 aliphatic heterocycles. The van der Waals surface area contributed by atoms with Crippen LogP contribution in [0.25, 0.3) is 0 Å². The summed E-state index contributed by atoms with van der Waals surface area (Å²) in [5, 5.41) is 2.88. The SMILES string of the molecule is CCC1C(=O)NC(C2CC2)C(=O)N1Cc1ccncn1. The van der Waals surface area contributed by atoms with Gasteiger partial charge in [0.1, 0.15) is 18.4 Å². The van der Waals surface area contributed by atoms with Crippen LogP contribution in [-0.4, -0.2) is 38.8 Å². The summed E-state index contributed by atoms with van der Waals surface area (Å²) in [6, 6.07) is 1.04. The van der Waals surface area contributed by atoms with Crippen LogP contribution in [0.5, 0.6) is 0 Å². The van der Waals surface area contributed by atoms with E-state index >= 15 is 0 Å². The fraction of sp³-hybridized carbons (Fsp3) is 0.571. The zero-order chi connectivity index (χ0) is 14.1. The summed E-state index contributed by atoms with van der Waals surface area (Å²) >= 11 is 0. The molecule has 1 aromatic rings. The molecule has 0 spiro atoms. The molecule has 1 N–H and O–H groups in total. The first-order valence-electron chi connectivity index (χ1n) is 7.06. The van der Waals surface area contributed by atoms with E-state index in [0.717, 1.165) is 18.5 Å². The number of piperazine rings is 1. The summed E-state index contributed by atoms with van der Waals surface area (Å²) < 4.78 is 0. The molecule has 2 atom stereocenters. The van der Waals surface area contributed by atoms with Crippen LogP contribution in [0.3, 0.4) is 0 Å². The summed E-state index contributed by atoms with van der Waals surface area (Å²) in [6.07, 6.45) is 5.77. The standard InChI is InChI=1S/C14H18N4O2/c1-2-11-13(19)17-12(9-3-4-9)14(20)18(11)7-10-5-6-15-8-16-10/h5-6,8-9,11-12H,2-4,7H2,1H3,(H,17,19). The highest BCUT2D eigenvalue weighted by Crippen LogP contribution is 2.35. The Balaban J connectivity index is 1.83. The molecule has 2 amide bonds. The highest BCUT2D eigenvalue weighted by molar-refractivity contribution is 5.97. The molecule has 6 nitrogen and oxygen atoms in total. The molecule has 2 aliphatic rings. The molecule has 2 fully saturated rings. The normalized spacial score (nSPS) is 26.6. The second kappa shape index (κ2) is 5.19. The van der Waals surface area contributed by atoms with Crippen molar-refractivity contribution in [2.45, 2.75) is 44.8 Å². The second-order valence-electron chi connectivity index (χ2n) is 5.41. The van der Waals surface area contributed by atoms with Gasteiger partial charge in [0.2, 0.25) is 11.8 Å². The molecule has 2 heterocycles. The Kier molecular flexibility index (Phi) is 3.38. The summed E-state index contributed by atoms with van der Waals surface area (Å²) in [5.74, 6) is 0.299. The second-order valence-corrected chi connectivity index (χ2v) is 5.41. The number of nitrogens with zero attached hydrogens (tertiary/aromatic N) is 3. The van der Waals surface area contributed by atoms with Gasteiger partial charge in [-0.1, -0.05) is 6.92 Å². The number of hydrogen-bond donors (Lipinski definition) is 1. The van der Waals surface area contributed by atoms with Gasteiger partial charge < -0.3 is 10.2 Å². The lowest BCUT2D eigenvalue weighted by molar-refractivity contribution is -0.150. The highest BCUT2D eigenvalue weighted by Gasteiger charge is 2.46. The third-order valence-corrected chi connectivity index (χ3v) is 3.98. The van der Waals surface area contributed by atoms with E-state index in [1.807, 2.05) is 6.92 Å². The third-order valence-electron chi connectivity index (χ3n) is 3.98. The summed E-state index contributed by atoms with van der Waals surface area (Å²) in [7, 11) is 0. The van der Waals surface area contributed by atoms with Crippen LogP contribution in [0, 0.1) is 5.92 Å². The lowest BCUT2D eigenvalue weighted by atomic mass is 10.0. The first kappa shape index (κ1) is 13.0. The fourth-order valence-electron chi connectivity index (χ4n) is 2.71. The lowest BCUT2D eigenvalue weighted by Gasteiger charge is -2.38. The number of nitrogens with one attached hydrogen (secondary N) is 1. The summed E-state index contributed by atoms with van der Waals surface area (Å²) in [5.41, 5.74) is 0.760. The van der Waals surface area contributed by atoms with Gasteiger partial charge in [-0.3, -0.25) is 9.59 Å². The average Bonchev–Trinajstić information content (AvgIpc) is 3.28. The van der Waals surface area contributed by atoms with Crippen LogP contribution >= 0.6 is 0 Å². The van der Waals surface area contributed by atoms with Crippen molar-refractivity contribution in [1.82, 2.24) is 20.2 Å². The van der Waals surface area contributed by atoms with Gasteiger partial charge in [-0.15, -0.1) is 0 Å². The van der Waals surface area contributed by atoms with E-state index in [1.165, 1.54) is 6.33 Å². The Hall–Kier alpha value is -1.98. The topological polar surface area (TPSA) is 75.2 Å². The first-order chi connectivity index (χ1) is 9.70. The van der Waals surface area contributed by atoms with Gasteiger partial charge >= 0.3 is 0 Å². The number of aromatic nitrogens is 2. The van der Waals surface area contributed by atoms with Crippen LogP contribution in [0.2, 0.25) is 0 Å². The Bertz CT molecular complexity index is 515. The van der Waals surface area contributed by atoms with Gasteiger partial charge in [0.05, 0.1) is 12.2 Å². The van der Waals surface area contributed by atoms with E-state index in [2.05, 4.69) is 15.3 Å². The molecule has 20 heavy (non-hydrogen) atoms. The van der Waals surface area contributed by atoms with Crippen LogP contribution in [-0.2, 0) is 16.1 Å². The van der Waals surface area contributed by atoms with Crippen LogP contribution in [0.15, 0.2) is 18.6 Å². The average molecular weight is 274 g/mol. The maximum atomic E-state index is 12.6. The van der Waals surface area contributed by atoms with Crippen molar-refractivity contribution in [2.24, 2.45) is 5.92 Å². The van der Waals surface area contributed by atoms with Gasteiger partial charge in [-0.05, 0) is 31.2 Å². The maximum Gasteiger partial charge on any atom is 0.246 e. The third kappa shape index (κ3) is 2.37. The molecule has 6 heteroatoms. The fourth-order valence-corrected chi connectivity index (χ4v) is 2.71. The van der Waals surface area contributed by atoms with E-state index in [4.69, 9.17) is 0 Å². The summed E-state index contributed by atoms with van der Waals surface area (Å²) in [6.45, 7) is 2.29. The lowest BCUT2D eigenvalue weighted by Crippen LogP contribution is -2.63. The molecule has 3 rings (SSSR count). The zero-order valence-electron chi connectivity index (χ0n) is 11.5. The van der Waals surface area contributed by atoms with Crippen molar-refractivity contribution in [3.8, 4) is 0 Å². The molecule has 1 aromatic heterocycles. The molecular formula is C14H18N4O2. The van der Waals surface area contributed by atoms with Crippen molar-refractivity contribution in [1.29, 1.82) is 0 Å². The molecular weight excluding hydrogens is 256 g/mol. The van der Waals surface area contributed by atoms with Crippen molar-refractivity contribution in [3.63, 3.8) is 0 Å². The Morgan fingerprint density at radius 3 is 2.80 bits per heavy atom. The molecule has 1 aliphatic carbocycles. The van der Waals surface area contributed by atoms with Gasteiger partial charge in [0.15, 0.2) is 0 Å². The monoisotopic (exact) mass is 274 g/mol. The Labute approximate surface area is 117 Å². The quantitative estimate of drug-likeness (QED) is 0.867. The number of hydrogen-bond acceptors (Lipinski definition) is 4. The van der Waals surface area contributed by atoms with E-state index in [9.17, 15) is 9.59 Å². The molecule has 1 saturated carbocycles. The molecule has 106 valence electrons. The number of rotatable bonds is 4. The number of carbonyl (C=O) groups is 2. The largest absolute Gasteiger partial charge is 0.342 e. The smallest absolute Gasteiger partial charge is 0.246 e. The van der Waals surface area contributed by atoms with Crippen LogP contribution in [0.4, 0.5) is 0 Å². The minimum Gasteiger partial charge on any atom is -0.342 e. The van der Waals surface area contributed by atoms with Gasteiger partial charge in [0, 0.05) is 6.20 Å².